The van der Waals surface area contributed by atoms with Gasteiger partial charge < -0.3 is 19.9 Å². The SMILES string of the molecule is COc1cc(/C=N\NC(=O)C(=O)NC[C@@H]2CCCO2)ccc1O. The molecule has 1 heterocycles. The Balaban J connectivity index is 1.79. The third-order valence-electron chi connectivity index (χ3n) is 3.30. The summed E-state index contributed by atoms with van der Waals surface area (Å²) in [7, 11) is 1.43. The molecule has 2 rings (SSSR count). The Kier molecular flexibility index (Phi) is 5.93. The van der Waals surface area contributed by atoms with Gasteiger partial charge in [0, 0.05) is 13.2 Å². The maximum Gasteiger partial charge on any atom is 0.329 e. The first-order valence-electron chi connectivity index (χ1n) is 7.20. The van der Waals surface area contributed by atoms with Crippen molar-refractivity contribution >= 4 is 18.0 Å². The molecule has 0 unspecified atom stereocenters. The molecule has 1 saturated heterocycles. The zero-order chi connectivity index (χ0) is 16.7. The van der Waals surface area contributed by atoms with E-state index < -0.39 is 11.8 Å². The minimum absolute atomic E-state index is 0.00203. The molecule has 0 radical (unpaired) electrons. The fraction of sp³-hybridized carbons (Fsp3) is 0.400. The van der Waals surface area contributed by atoms with Crippen molar-refractivity contribution < 1.29 is 24.2 Å². The minimum Gasteiger partial charge on any atom is -0.504 e. The third-order valence-corrected chi connectivity index (χ3v) is 3.30. The van der Waals surface area contributed by atoms with Gasteiger partial charge in [-0.15, -0.1) is 0 Å². The van der Waals surface area contributed by atoms with E-state index in [4.69, 9.17) is 9.47 Å². The molecule has 1 aliphatic rings. The maximum atomic E-state index is 11.6. The van der Waals surface area contributed by atoms with Crippen LogP contribution in [0.5, 0.6) is 11.5 Å². The Hall–Kier alpha value is -2.61. The summed E-state index contributed by atoms with van der Waals surface area (Å²) in [5.74, 6) is -1.33. The molecule has 2 amide bonds. The van der Waals surface area contributed by atoms with E-state index in [1.807, 2.05) is 0 Å². The lowest BCUT2D eigenvalue weighted by Crippen LogP contribution is -2.41. The van der Waals surface area contributed by atoms with Gasteiger partial charge in [-0.3, -0.25) is 9.59 Å². The summed E-state index contributed by atoms with van der Waals surface area (Å²) in [4.78, 5) is 23.2. The number of aromatic hydroxyl groups is 1. The van der Waals surface area contributed by atoms with Gasteiger partial charge in [0.1, 0.15) is 0 Å². The zero-order valence-corrected chi connectivity index (χ0v) is 12.7. The van der Waals surface area contributed by atoms with Gasteiger partial charge in [0.25, 0.3) is 0 Å². The third kappa shape index (κ3) is 4.96. The molecule has 8 nitrogen and oxygen atoms in total. The molecule has 0 spiro atoms. The molecule has 23 heavy (non-hydrogen) atoms. The number of phenolic OH excluding ortho intramolecular Hbond substituents is 1. The van der Waals surface area contributed by atoms with Gasteiger partial charge in [-0.05, 0) is 36.6 Å². The normalized spacial score (nSPS) is 17.2. The molecule has 8 heteroatoms. The number of amides is 2. The number of carbonyl (C=O) groups excluding carboxylic acids is 2. The largest absolute Gasteiger partial charge is 0.504 e. The second-order valence-corrected chi connectivity index (χ2v) is 4.98. The Morgan fingerprint density at radius 2 is 2.30 bits per heavy atom. The van der Waals surface area contributed by atoms with Crippen molar-refractivity contribution in [2.75, 3.05) is 20.3 Å². The van der Waals surface area contributed by atoms with Crippen LogP contribution in [0.25, 0.3) is 0 Å². The van der Waals surface area contributed by atoms with Gasteiger partial charge in [0.05, 0.1) is 19.4 Å². The van der Waals surface area contributed by atoms with Crippen molar-refractivity contribution in [2.24, 2.45) is 5.10 Å². The van der Waals surface area contributed by atoms with Crippen LogP contribution in [0.1, 0.15) is 18.4 Å². The lowest BCUT2D eigenvalue weighted by Gasteiger charge is -2.09. The molecular formula is C15H19N3O5. The smallest absolute Gasteiger partial charge is 0.329 e. The van der Waals surface area contributed by atoms with Gasteiger partial charge in [0.2, 0.25) is 0 Å². The van der Waals surface area contributed by atoms with Crippen LogP contribution in [-0.4, -0.2) is 49.5 Å². The highest BCUT2D eigenvalue weighted by atomic mass is 16.5. The van der Waals surface area contributed by atoms with Gasteiger partial charge in [-0.25, -0.2) is 5.43 Å². The van der Waals surface area contributed by atoms with Crippen LogP contribution >= 0.6 is 0 Å². The number of hydrazone groups is 1. The lowest BCUT2D eigenvalue weighted by molar-refractivity contribution is -0.139. The van der Waals surface area contributed by atoms with E-state index in [0.717, 1.165) is 12.8 Å². The van der Waals surface area contributed by atoms with E-state index in [-0.39, 0.29) is 17.6 Å². The van der Waals surface area contributed by atoms with Crippen LogP contribution in [0, 0.1) is 0 Å². The number of benzene rings is 1. The summed E-state index contributed by atoms with van der Waals surface area (Å²) < 4.78 is 10.3. The number of carbonyl (C=O) groups is 2. The Bertz CT molecular complexity index is 597. The predicted octanol–water partition coefficient (Wildman–Crippen LogP) is 0.146. The Morgan fingerprint density at radius 3 is 3.00 bits per heavy atom. The van der Waals surface area contributed by atoms with Crippen molar-refractivity contribution in [3.63, 3.8) is 0 Å². The van der Waals surface area contributed by atoms with Crippen molar-refractivity contribution in [3.05, 3.63) is 23.8 Å². The molecule has 0 saturated carbocycles. The summed E-state index contributed by atoms with van der Waals surface area (Å²) in [6.07, 6.45) is 3.16. The molecule has 1 aliphatic heterocycles. The number of hydrogen-bond acceptors (Lipinski definition) is 6. The second-order valence-electron chi connectivity index (χ2n) is 4.98. The van der Waals surface area contributed by atoms with Crippen molar-refractivity contribution in [3.8, 4) is 11.5 Å². The van der Waals surface area contributed by atoms with Crippen LogP contribution in [0.2, 0.25) is 0 Å². The number of rotatable bonds is 5. The second kappa shape index (κ2) is 8.14. The molecule has 1 fully saturated rings. The number of nitrogens with one attached hydrogen (secondary N) is 2. The van der Waals surface area contributed by atoms with E-state index in [1.165, 1.54) is 19.4 Å². The van der Waals surface area contributed by atoms with E-state index in [2.05, 4.69) is 15.8 Å². The van der Waals surface area contributed by atoms with Gasteiger partial charge in [0.15, 0.2) is 11.5 Å². The first kappa shape index (κ1) is 16.8. The highest BCUT2D eigenvalue weighted by Crippen LogP contribution is 2.25. The summed E-state index contributed by atoms with van der Waals surface area (Å²) in [5, 5.41) is 15.7. The predicted molar refractivity (Wildman–Crippen MR) is 82.4 cm³/mol. The Morgan fingerprint density at radius 1 is 1.48 bits per heavy atom. The van der Waals surface area contributed by atoms with Crippen molar-refractivity contribution in [1.29, 1.82) is 0 Å². The number of methoxy groups -OCH3 is 1. The van der Waals surface area contributed by atoms with Crippen LogP contribution < -0.4 is 15.5 Å². The molecule has 3 N–H and O–H groups in total. The first-order valence-corrected chi connectivity index (χ1v) is 7.20. The highest BCUT2D eigenvalue weighted by molar-refractivity contribution is 6.35. The topological polar surface area (TPSA) is 109 Å². The fourth-order valence-corrected chi connectivity index (χ4v) is 2.08. The van der Waals surface area contributed by atoms with Crippen LogP contribution in [0.3, 0.4) is 0 Å². The highest BCUT2D eigenvalue weighted by Gasteiger charge is 2.18. The molecule has 0 aliphatic carbocycles. The van der Waals surface area contributed by atoms with E-state index in [1.54, 1.807) is 12.1 Å². The zero-order valence-electron chi connectivity index (χ0n) is 12.7. The molecule has 1 aromatic carbocycles. The Labute approximate surface area is 133 Å². The number of ether oxygens (including phenoxy) is 2. The van der Waals surface area contributed by atoms with Gasteiger partial charge in [-0.1, -0.05) is 0 Å². The fourth-order valence-electron chi connectivity index (χ4n) is 2.08. The monoisotopic (exact) mass is 321 g/mol. The molecule has 0 aromatic heterocycles. The summed E-state index contributed by atoms with van der Waals surface area (Å²) in [6, 6.07) is 4.57. The average molecular weight is 321 g/mol. The average Bonchev–Trinajstić information content (AvgIpc) is 3.07. The minimum atomic E-state index is -0.856. The molecular weight excluding hydrogens is 302 g/mol. The van der Waals surface area contributed by atoms with E-state index in [0.29, 0.717) is 18.7 Å². The molecule has 0 bridgehead atoms. The molecule has 1 atom stereocenters. The standard InChI is InChI=1S/C15H19N3O5/c1-22-13-7-10(4-5-12(13)19)8-17-18-15(21)14(20)16-9-11-3-2-6-23-11/h4-5,7-8,11,19H,2-3,6,9H2,1H3,(H,16,20)(H,18,21)/b17-8-/t11-/m0/s1. The van der Waals surface area contributed by atoms with Crippen molar-refractivity contribution in [2.45, 2.75) is 18.9 Å². The molecule has 124 valence electrons. The van der Waals surface area contributed by atoms with Crippen LogP contribution in [0.4, 0.5) is 0 Å². The number of hydrogen-bond donors (Lipinski definition) is 3. The van der Waals surface area contributed by atoms with Crippen LogP contribution in [0.15, 0.2) is 23.3 Å². The maximum absolute atomic E-state index is 11.6. The summed E-state index contributed by atoms with van der Waals surface area (Å²) in [5.41, 5.74) is 2.73. The number of nitrogens with zero attached hydrogens (tertiary/aromatic N) is 1. The van der Waals surface area contributed by atoms with Gasteiger partial charge in [-0.2, -0.15) is 5.10 Å². The first-order chi connectivity index (χ1) is 11.1. The summed E-state index contributed by atoms with van der Waals surface area (Å²) >= 11 is 0. The van der Waals surface area contributed by atoms with Gasteiger partial charge >= 0.3 is 11.8 Å². The lowest BCUT2D eigenvalue weighted by atomic mass is 10.2. The van der Waals surface area contributed by atoms with Crippen LogP contribution in [-0.2, 0) is 14.3 Å². The van der Waals surface area contributed by atoms with E-state index in [9.17, 15) is 14.7 Å². The van der Waals surface area contributed by atoms with Crippen molar-refractivity contribution in [1.82, 2.24) is 10.7 Å². The quantitative estimate of drug-likeness (QED) is 0.406. The molecule has 1 aromatic rings. The van der Waals surface area contributed by atoms with E-state index >= 15 is 0 Å². The number of phenols is 1. The summed E-state index contributed by atoms with van der Waals surface area (Å²) in [6.45, 7) is 0.998.